The Kier molecular flexibility index (Phi) is 3.96. The minimum atomic E-state index is 0.531. The van der Waals surface area contributed by atoms with E-state index in [1.54, 1.807) is 0 Å². The number of anilines is 1. The zero-order valence-corrected chi connectivity index (χ0v) is 12.7. The van der Waals surface area contributed by atoms with Crippen LogP contribution in [0, 0.1) is 5.41 Å². The number of benzene rings is 1. The topological polar surface area (TPSA) is 12.0 Å². The average molecular weight is 298 g/mol. The molecular weight excluding hydrogens is 277 g/mol. The van der Waals surface area contributed by atoms with Gasteiger partial charge < -0.3 is 5.32 Å². The number of halogens is 2. The molecule has 3 rings (SSSR count). The van der Waals surface area contributed by atoms with E-state index >= 15 is 0 Å². The van der Waals surface area contributed by atoms with Gasteiger partial charge in [-0.15, -0.1) is 0 Å². The average Bonchev–Trinajstić information content (AvgIpc) is 2.85. The fourth-order valence-corrected chi connectivity index (χ4v) is 4.35. The highest BCUT2D eigenvalue weighted by molar-refractivity contribution is 6.39. The third-order valence-corrected chi connectivity index (χ3v) is 5.65. The first-order chi connectivity index (χ1) is 9.19. The first kappa shape index (κ1) is 13.6. The van der Waals surface area contributed by atoms with E-state index in [1.807, 2.05) is 18.2 Å². The zero-order chi connectivity index (χ0) is 13.3. The number of nitrogens with one attached hydrogen (secondary N) is 1. The summed E-state index contributed by atoms with van der Waals surface area (Å²) in [6.45, 7) is 0. The molecule has 0 heterocycles. The van der Waals surface area contributed by atoms with E-state index in [1.165, 1.54) is 51.4 Å². The molecule has 3 heteroatoms. The Balaban J connectivity index is 1.63. The summed E-state index contributed by atoms with van der Waals surface area (Å²) in [7, 11) is 0. The van der Waals surface area contributed by atoms with Crippen LogP contribution in [0.1, 0.15) is 51.4 Å². The molecule has 1 aromatic rings. The minimum absolute atomic E-state index is 0.531. The van der Waals surface area contributed by atoms with E-state index in [2.05, 4.69) is 5.32 Å². The molecule has 2 aliphatic carbocycles. The molecule has 1 spiro atoms. The van der Waals surface area contributed by atoms with Gasteiger partial charge in [-0.25, -0.2) is 0 Å². The second-order valence-corrected chi connectivity index (χ2v) is 7.04. The van der Waals surface area contributed by atoms with Crippen LogP contribution in [0.4, 0.5) is 5.69 Å². The van der Waals surface area contributed by atoms with Gasteiger partial charge in [0.15, 0.2) is 0 Å². The van der Waals surface area contributed by atoms with Crippen molar-refractivity contribution in [2.75, 3.05) is 5.32 Å². The summed E-state index contributed by atoms with van der Waals surface area (Å²) in [6, 6.07) is 6.22. The van der Waals surface area contributed by atoms with Crippen LogP contribution < -0.4 is 5.32 Å². The molecular formula is C16H21Cl2N. The summed E-state index contributed by atoms with van der Waals surface area (Å²) >= 11 is 12.4. The van der Waals surface area contributed by atoms with E-state index in [4.69, 9.17) is 23.2 Å². The van der Waals surface area contributed by atoms with Crippen LogP contribution in [-0.2, 0) is 0 Å². The van der Waals surface area contributed by atoms with Crippen molar-refractivity contribution in [3.8, 4) is 0 Å². The highest BCUT2D eigenvalue weighted by atomic mass is 35.5. The van der Waals surface area contributed by atoms with Gasteiger partial charge in [0.2, 0.25) is 0 Å². The smallest absolute Gasteiger partial charge is 0.0721 e. The van der Waals surface area contributed by atoms with Gasteiger partial charge in [0.05, 0.1) is 15.7 Å². The van der Waals surface area contributed by atoms with Crippen molar-refractivity contribution in [3.63, 3.8) is 0 Å². The van der Waals surface area contributed by atoms with Crippen LogP contribution in [0.15, 0.2) is 18.2 Å². The Morgan fingerprint density at radius 3 is 2.11 bits per heavy atom. The molecule has 0 aromatic heterocycles. The van der Waals surface area contributed by atoms with Crippen LogP contribution in [0.2, 0.25) is 10.0 Å². The van der Waals surface area contributed by atoms with Crippen molar-refractivity contribution < 1.29 is 0 Å². The van der Waals surface area contributed by atoms with Crippen molar-refractivity contribution in [3.05, 3.63) is 28.2 Å². The molecule has 0 bridgehead atoms. The largest absolute Gasteiger partial charge is 0.380 e. The third-order valence-electron chi connectivity index (χ3n) is 5.02. The molecule has 104 valence electrons. The van der Waals surface area contributed by atoms with Gasteiger partial charge >= 0.3 is 0 Å². The second kappa shape index (κ2) is 5.54. The van der Waals surface area contributed by atoms with Crippen LogP contribution in [0.3, 0.4) is 0 Å². The van der Waals surface area contributed by atoms with Gasteiger partial charge in [-0.05, 0) is 56.1 Å². The Morgan fingerprint density at radius 2 is 1.53 bits per heavy atom. The van der Waals surface area contributed by atoms with Gasteiger partial charge in [0.1, 0.15) is 0 Å². The minimum Gasteiger partial charge on any atom is -0.380 e. The van der Waals surface area contributed by atoms with Gasteiger partial charge in [0, 0.05) is 6.04 Å². The monoisotopic (exact) mass is 297 g/mol. The molecule has 0 saturated heterocycles. The number of hydrogen-bond donors (Lipinski definition) is 1. The fraction of sp³-hybridized carbons (Fsp3) is 0.625. The Labute approximate surface area is 125 Å². The van der Waals surface area contributed by atoms with Gasteiger partial charge in [0.25, 0.3) is 0 Å². The van der Waals surface area contributed by atoms with Crippen LogP contribution in [0.25, 0.3) is 0 Å². The van der Waals surface area contributed by atoms with Gasteiger partial charge in [-0.3, -0.25) is 0 Å². The molecule has 19 heavy (non-hydrogen) atoms. The number of hydrogen-bond acceptors (Lipinski definition) is 1. The van der Waals surface area contributed by atoms with Crippen molar-refractivity contribution in [2.45, 2.75) is 57.4 Å². The Hall–Kier alpha value is -0.400. The maximum Gasteiger partial charge on any atom is 0.0721 e. The van der Waals surface area contributed by atoms with Gasteiger partial charge in [-0.2, -0.15) is 0 Å². The molecule has 0 radical (unpaired) electrons. The molecule has 2 saturated carbocycles. The maximum absolute atomic E-state index is 6.22. The van der Waals surface area contributed by atoms with Crippen molar-refractivity contribution >= 4 is 28.9 Å². The highest BCUT2D eigenvalue weighted by Gasteiger charge is 2.37. The van der Waals surface area contributed by atoms with E-state index in [0.717, 1.165) is 15.7 Å². The van der Waals surface area contributed by atoms with Crippen LogP contribution in [0.5, 0.6) is 0 Å². The normalized spacial score (nSPS) is 22.8. The predicted octanol–water partition coefficient (Wildman–Crippen LogP) is 5.91. The first-order valence-corrected chi connectivity index (χ1v) is 8.15. The molecule has 1 nitrogen and oxygen atoms in total. The summed E-state index contributed by atoms with van der Waals surface area (Å²) in [5.41, 5.74) is 1.60. The van der Waals surface area contributed by atoms with E-state index in [-0.39, 0.29) is 0 Å². The fourth-order valence-electron chi connectivity index (χ4n) is 3.84. The first-order valence-electron chi connectivity index (χ1n) is 7.39. The summed E-state index contributed by atoms with van der Waals surface area (Å²) in [6.07, 6.45) is 11.0. The molecule has 0 amide bonds. The summed E-state index contributed by atoms with van der Waals surface area (Å²) < 4.78 is 0. The molecule has 0 aliphatic heterocycles. The summed E-state index contributed by atoms with van der Waals surface area (Å²) in [5, 5.41) is 5.02. The third kappa shape index (κ3) is 2.87. The lowest BCUT2D eigenvalue weighted by Gasteiger charge is -2.38. The SMILES string of the molecule is Clc1cccc(Cl)c1NC1CCC2(CCCC2)CC1. The summed E-state index contributed by atoms with van der Waals surface area (Å²) in [5.74, 6) is 0. The lowest BCUT2D eigenvalue weighted by molar-refractivity contribution is 0.188. The molecule has 1 N–H and O–H groups in total. The molecule has 0 unspecified atom stereocenters. The summed E-state index contributed by atoms with van der Waals surface area (Å²) in [4.78, 5) is 0. The Bertz CT molecular complexity index is 422. The van der Waals surface area contributed by atoms with Crippen molar-refractivity contribution in [2.24, 2.45) is 5.41 Å². The number of para-hydroxylation sites is 1. The zero-order valence-electron chi connectivity index (χ0n) is 11.2. The lowest BCUT2D eigenvalue weighted by Crippen LogP contribution is -2.31. The van der Waals surface area contributed by atoms with Crippen LogP contribution in [-0.4, -0.2) is 6.04 Å². The molecule has 2 aliphatic rings. The van der Waals surface area contributed by atoms with E-state index in [9.17, 15) is 0 Å². The number of rotatable bonds is 2. The molecule has 0 atom stereocenters. The van der Waals surface area contributed by atoms with E-state index in [0.29, 0.717) is 11.5 Å². The van der Waals surface area contributed by atoms with E-state index < -0.39 is 0 Å². The maximum atomic E-state index is 6.22. The second-order valence-electron chi connectivity index (χ2n) is 6.22. The predicted molar refractivity (Wildman–Crippen MR) is 83.2 cm³/mol. The molecule has 2 fully saturated rings. The van der Waals surface area contributed by atoms with Gasteiger partial charge in [-0.1, -0.05) is 42.1 Å². The lowest BCUT2D eigenvalue weighted by atomic mass is 9.71. The standard InChI is InChI=1S/C16H21Cl2N/c17-13-4-3-5-14(18)15(13)19-12-6-10-16(11-7-12)8-1-2-9-16/h3-5,12,19H,1-2,6-11H2. The van der Waals surface area contributed by atoms with Crippen molar-refractivity contribution in [1.29, 1.82) is 0 Å². The quantitative estimate of drug-likeness (QED) is 0.715. The van der Waals surface area contributed by atoms with Crippen molar-refractivity contribution in [1.82, 2.24) is 0 Å². The Morgan fingerprint density at radius 1 is 0.947 bits per heavy atom. The molecule has 1 aromatic carbocycles. The highest BCUT2D eigenvalue weighted by Crippen LogP contribution is 2.49. The van der Waals surface area contributed by atoms with Crippen LogP contribution >= 0.6 is 23.2 Å².